The van der Waals surface area contributed by atoms with Crippen LogP contribution in [0.2, 0.25) is 0 Å². The van der Waals surface area contributed by atoms with Gasteiger partial charge >= 0.3 is 0 Å². The van der Waals surface area contributed by atoms with Gasteiger partial charge in [0.05, 0.1) is 16.9 Å². The zero-order valence-corrected chi connectivity index (χ0v) is 31.3. The van der Waals surface area contributed by atoms with Gasteiger partial charge in [-0.15, -0.1) is 0 Å². The van der Waals surface area contributed by atoms with Crippen molar-refractivity contribution in [3.63, 3.8) is 0 Å². The van der Waals surface area contributed by atoms with Crippen LogP contribution in [0, 0.1) is 0 Å². The Bertz CT molecular complexity index is 2910. The number of fused-ring (bicyclic) bond motifs is 1. The molecule has 0 saturated heterocycles. The Morgan fingerprint density at radius 1 is 0.259 bits per heavy atom. The lowest BCUT2D eigenvalue weighted by Gasteiger charge is -2.13. The SMILES string of the molecule is c1ccc(-c2cc(-c3ccccc3)nc(-c3ccccc3-c3ccc4ncc(-c5ccc(-c6nc(-c7ccccc7)nc(-c7ccccc7)n6)cc5)cc4c3)n2)cc1. The van der Waals surface area contributed by atoms with Crippen LogP contribution in [-0.4, -0.2) is 29.9 Å². The number of benzene rings is 7. The van der Waals surface area contributed by atoms with E-state index in [0.717, 1.165) is 77.9 Å². The molecule has 3 aromatic heterocycles. The van der Waals surface area contributed by atoms with Gasteiger partial charge in [-0.05, 0) is 41.0 Å². The Labute approximate surface area is 336 Å². The minimum absolute atomic E-state index is 0.619. The monoisotopic (exact) mass is 742 g/mol. The van der Waals surface area contributed by atoms with Gasteiger partial charge in [0.2, 0.25) is 0 Å². The lowest BCUT2D eigenvalue weighted by Crippen LogP contribution is -2.00. The van der Waals surface area contributed by atoms with E-state index in [4.69, 9.17) is 29.9 Å². The molecule has 0 fully saturated rings. The molecule has 6 nitrogen and oxygen atoms in total. The van der Waals surface area contributed by atoms with Gasteiger partial charge < -0.3 is 0 Å². The van der Waals surface area contributed by atoms with Crippen LogP contribution in [-0.2, 0) is 0 Å². The fraction of sp³-hybridized carbons (Fsp3) is 0. The second-order valence-corrected chi connectivity index (χ2v) is 14.0. The van der Waals surface area contributed by atoms with Gasteiger partial charge in [-0.1, -0.05) is 176 Å². The van der Waals surface area contributed by atoms with Gasteiger partial charge in [0, 0.05) is 50.5 Å². The molecule has 0 unspecified atom stereocenters. The summed E-state index contributed by atoms with van der Waals surface area (Å²) >= 11 is 0. The first kappa shape index (κ1) is 34.5. The molecule has 10 aromatic rings. The molecule has 0 aliphatic carbocycles. The first-order chi connectivity index (χ1) is 28.7. The van der Waals surface area contributed by atoms with E-state index in [1.807, 2.05) is 109 Å². The molecule has 3 heterocycles. The number of nitrogens with zero attached hydrogens (tertiary/aromatic N) is 6. The zero-order chi connectivity index (χ0) is 38.7. The van der Waals surface area contributed by atoms with Crippen LogP contribution >= 0.6 is 0 Å². The van der Waals surface area contributed by atoms with Crippen molar-refractivity contribution in [3.05, 3.63) is 206 Å². The van der Waals surface area contributed by atoms with E-state index < -0.39 is 0 Å². The lowest BCUT2D eigenvalue weighted by molar-refractivity contribution is 1.07. The number of aromatic nitrogens is 6. The van der Waals surface area contributed by atoms with Crippen molar-refractivity contribution in [1.29, 1.82) is 0 Å². The molecule has 0 saturated carbocycles. The summed E-state index contributed by atoms with van der Waals surface area (Å²) < 4.78 is 0. The molecule has 58 heavy (non-hydrogen) atoms. The van der Waals surface area contributed by atoms with Crippen molar-refractivity contribution >= 4 is 10.9 Å². The van der Waals surface area contributed by atoms with E-state index in [9.17, 15) is 0 Å². The van der Waals surface area contributed by atoms with Crippen LogP contribution in [0.25, 0.3) is 101 Å². The van der Waals surface area contributed by atoms with Crippen LogP contribution in [0.4, 0.5) is 0 Å². The largest absolute Gasteiger partial charge is 0.256 e. The van der Waals surface area contributed by atoms with E-state index in [-0.39, 0.29) is 0 Å². The topological polar surface area (TPSA) is 77.3 Å². The molecule has 7 aromatic carbocycles. The number of pyridine rings is 1. The predicted molar refractivity (Wildman–Crippen MR) is 234 cm³/mol. The maximum absolute atomic E-state index is 5.14. The Kier molecular flexibility index (Phi) is 9.10. The van der Waals surface area contributed by atoms with Crippen molar-refractivity contribution < 1.29 is 0 Å². The van der Waals surface area contributed by atoms with Gasteiger partial charge in [0.25, 0.3) is 0 Å². The smallest absolute Gasteiger partial charge is 0.164 e. The van der Waals surface area contributed by atoms with Crippen LogP contribution in [0.15, 0.2) is 206 Å². The highest BCUT2D eigenvalue weighted by molar-refractivity contribution is 5.91. The Hall–Kier alpha value is -7.96. The predicted octanol–water partition coefficient (Wildman–Crippen LogP) is 12.5. The van der Waals surface area contributed by atoms with Crippen molar-refractivity contribution in [2.45, 2.75) is 0 Å². The fourth-order valence-corrected chi connectivity index (χ4v) is 7.22. The number of rotatable bonds is 8. The average Bonchev–Trinajstić information content (AvgIpc) is 3.32. The summed E-state index contributed by atoms with van der Waals surface area (Å²) in [6, 6.07) is 68.0. The maximum atomic E-state index is 5.14. The second-order valence-electron chi connectivity index (χ2n) is 14.0. The normalized spacial score (nSPS) is 11.1. The van der Waals surface area contributed by atoms with E-state index in [1.54, 1.807) is 0 Å². The number of hydrogen-bond acceptors (Lipinski definition) is 6. The first-order valence-corrected chi connectivity index (χ1v) is 19.2. The van der Waals surface area contributed by atoms with Crippen LogP contribution in [0.5, 0.6) is 0 Å². The first-order valence-electron chi connectivity index (χ1n) is 19.2. The molecule has 0 N–H and O–H groups in total. The highest BCUT2D eigenvalue weighted by atomic mass is 15.0. The van der Waals surface area contributed by atoms with Crippen LogP contribution in [0.1, 0.15) is 0 Å². The summed E-state index contributed by atoms with van der Waals surface area (Å²) in [6.45, 7) is 0. The zero-order valence-electron chi connectivity index (χ0n) is 31.3. The summed E-state index contributed by atoms with van der Waals surface area (Å²) in [6.07, 6.45) is 1.93. The molecule has 10 rings (SSSR count). The lowest BCUT2D eigenvalue weighted by atomic mass is 9.96. The molecule has 0 aliphatic rings. The Morgan fingerprint density at radius 2 is 0.672 bits per heavy atom. The Balaban J connectivity index is 1.00. The summed E-state index contributed by atoms with van der Waals surface area (Å²) in [5.41, 5.74) is 12.7. The third kappa shape index (κ3) is 7.02. The van der Waals surface area contributed by atoms with E-state index in [2.05, 4.69) is 97.1 Å². The van der Waals surface area contributed by atoms with E-state index in [0.29, 0.717) is 23.3 Å². The van der Waals surface area contributed by atoms with Gasteiger partial charge in [-0.2, -0.15) is 0 Å². The summed E-state index contributed by atoms with van der Waals surface area (Å²) in [4.78, 5) is 29.8. The minimum atomic E-state index is 0.619. The molecule has 0 amide bonds. The van der Waals surface area contributed by atoms with Crippen molar-refractivity contribution in [2.75, 3.05) is 0 Å². The standard InChI is InChI=1S/C52H34N6/c1-5-15-36(16-6-1)47-33-48(37-17-7-2-8-18-37)55-52(54-47)45-24-14-13-23-44(45)41-29-30-46-42(31-41)32-43(34-53-46)35-25-27-40(28-26-35)51-57-49(38-19-9-3-10-20-38)56-50(58-51)39-21-11-4-12-22-39/h1-34H. The summed E-state index contributed by atoms with van der Waals surface area (Å²) in [7, 11) is 0. The minimum Gasteiger partial charge on any atom is -0.256 e. The van der Waals surface area contributed by atoms with Crippen LogP contribution < -0.4 is 0 Å². The van der Waals surface area contributed by atoms with Gasteiger partial charge in [-0.25, -0.2) is 24.9 Å². The fourth-order valence-electron chi connectivity index (χ4n) is 7.22. The molecule has 0 spiro atoms. The van der Waals surface area contributed by atoms with Crippen molar-refractivity contribution in [2.24, 2.45) is 0 Å². The molecular weight excluding hydrogens is 709 g/mol. The quantitative estimate of drug-likeness (QED) is 0.154. The maximum Gasteiger partial charge on any atom is 0.164 e. The third-order valence-corrected chi connectivity index (χ3v) is 10.2. The molecule has 0 bridgehead atoms. The molecular formula is C52H34N6. The average molecular weight is 743 g/mol. The molecule has 0 atom stereocenters. The highest BCUT2D eigenvalue weighted by Gasteiger charge is 2.16. The van der Waals surface area contributed by atoms with E-state index >= 15 is 0 Å². The molecule has 0 radical (unpaired) electrons. The molecule has 6 heteroatoms. The third-order valence-electron chi connectivity index (χ3n) is 10.2. The van der Waals surface area contributed by atoms with Gasteiger partial charge in [0.1, 0.15) is 0 Å². The molecule has 0 aliphatic heterocycles. The summed E-state index contributed by atoms with van der Waals surface area (Å²) in [5.74, 6) is 2.56. The number of hydrogen-bond donors (Lipinski definition) is 0. The van der Waals surface area contributed by atoms with E-state index in [1.165, 1.54) is 0 Å². The van der Waals surface area contributed by atoms with Crippen molar-refractivity contribution in [3.8, 4) is 90.3 Å². The van der Waals surface area contributed by atoms with Crippen LogP contribution in [0.3, 0.4) is 0 Å². The van der Waals surface area contributed by atoms with Gasteiger partial charge in [-0.3, -0.25) is 4.98 Å². The summed E-state index contributed by atoms with van der Waals surface area (Å²) in [5, 5.41) is 1.04. The Morgan fingerprint density at radius 3 is 1.21 bits per heavy atom. The van der Waals surface area contributed by atoms with Crippen molar-refractivity contribution in [1.82, 2.24) is 29.9 Å². The van der Waals surface area contributed by atoms with Gasteiger partial charge in [0.15, 0.2) is 23.3 Å². The molecule has 272 valence electrons. The second kappa shape index (κ2) is 15.3. The highest BCUT2D eigenvalue weighted by Crippen LogP contribution is 2.36.